The molecule has 6 nitrogen and oxygen atoms in total. The molecule has 2 aromatic rings. The maximum Gasteiger partial charge on any atom is 0.158 e. The van der Waals surface area contributed by atoms with Gasteiger partial charge in [-0.25, -0.2) is 15.8 Å². The Labute approximate surface area is 127 Å². The first-order chi connectivity index (χ1) is 10.2. The molecular weight excluding hydrogens is 286 g/mol. The van der Waals surface area contributed by atoms with Crippen LogP contribution < -0.4 is 16.2 Å². The number of nitrogens with zero attached hydrogens (tertiary/aromatic N) is 3. The van der Waals surface area contributed by atoms with Crippen LogP contribution in [0.2, 0.25) is 0 Å². The molecule has 0 aliphatic carbocycles. The second kappa shape index (κ2) is 5.97. The Bertz CT molecular complexity index is 630. The van der Waals surface area contributed by atoms with E-state index >= 15 is 0 Å². The number of hydrogen-bond donors (Lipinski definition) is 2. The molecule has 3 N–H and O–H groups in total. The normalized spacial score (nSPS) is 17.7. The number of rotatable bonds is 4. The summed E-state index contributed by atoms with van der Waals surface area (Å²) in [5, 5.41) is 2.16. The van der Waals surface area contributed by atoms with Crippen LogP contribution in [0.25, 0.3) is 0 Å². The maximum atomic E-state index is 5.51. The van der Waals surface area contributed by atoms with Gasteiger partial charge < -0.3 is 15.1 Å². The predicted octanol–water partition coefficient (Wildman–Crippen LogP) is 2.09. The first-order valence-electron chi connectivity index (χ1n) is 6.89. The third kappa shape index (κ3) is 2.72. The number of anilines is 2. The fourth-order valence-electron chi connectivity index (χ4n) is 2.72. The largest absolute Gasteiger partial charge is 0.377 e. The Hall–Kier alpha value is -1.70. The average Bonchev–Trinajstić information content (AvgIpc) is 2.97. The summed E-state index contributed by atoms with van der Waals surface area (Å²) >= 11 is 1.83. The number of hydrogen-bond acceptors (Lipinski definition) is 7. The molecule has 1 unspecified atom stereocenters. The van der Waals surface area contributed by atoms with Crippen LogP contribution in [0.3, 0.4) is 0 Å². The zero-order valence-electron chi connectivity index (χ0n) is 12.2. The standard InChI is InChI=1S/C14H19N5OS/c1-9-10-4-6-21-11(10)3-5-19(9)14-7-12(18-15)16-13(17-14)8-20-2/h4,6-7,9H,3,5,8,15H2,1-2H3,(H,16,17,18). The van der Waals surface area contributed by atoms with Crippen LogP contribution in [0.15, 0.2) is 17.5 Å². The number of methoxy groups -OCH3 is 1. The topological polar surface area (TPSA) is 76.3 Å². The van der Waals surface area contributed by atoms with Crippen molar-refractivity contribution in [3.8, 4) is 0 Å². The molecular formula is C14H19N5OS. The van der Waals surface area contributed by atoms with E-state index in [1.54, 1.807) is 7.11 Å². The van der Waals surface area contributed by atoms with Gasteiger partial charge in [-0.3, -0.25) is 0 Å². The molecule has 1 atom stereocenters. The molecule has 0 saturated carbocycles. The highest BCUT2D eigenvalue weighted by Gasteiger charge is 2.26. The van der Waals surface area contributed by atoms with Crippen molar-refractivity contribution in [2.45, 2.75) is 26.0 Å². The van der Waals surface area contributed by atoms with Crippen molar-refractivity contribution in [1.82, 2.24) is 9.97 Å². The highest BCUT2D eigenvalue weighted by Crippen LogP contribution is 2.35. The van der Waals surface area contributed by atoms with Gasteiger partial charge in [0.25, 0.3) is 0 Å². The Kier molecular flexibility index (Phi) is 4.05. The zero-order chi connectivity index (χ0) is 14.8. The first-order valence-corrected chi connectivity index (χ1v) is 7.77. The SMILES string of the molecule is COCc1nc(NN)cc(N2CCc3sccc3C2C)n1. The van der Waals surface area contributed by atoms with Crippen LogP contribution in [0.4, 0.5) is 11.6 Å². The van der Waals surface area contributed by atoms with Crippen LogP contribution in [0, 0.1) is 0 Å². The van der Waals surface area contributed by atoms with Gasteiger partial charge in [0, 0.05) is 24.6 Å². The predicted molar refractivity (Wildman–Crippen MR) is 84.3 cm³/mol. The molecule has 3 rings (SSSR count). The molecule has 21 heavy (non-hydrogen) atoms. The molecule has 0 spiro atoms. The van der Waals surface area contributed by atoms with Crippen LogP contribution >= 0.6 is 11.3 Å². The van der Waals surface area contributed by atoms with Gasteiger partial charge in [-0.15, -0.1) is 11.3 Å². The Balaban J connectivity index is 1.95. The van der Waals surface area contributed by atoms with Crippen LogP contribution in [0.1, 0.15) is 29.2 Å². The first kappa shape index (κ1) is 14.2. The van der Waals surface area contributed by atoms with Gasteiger partial charge in [0.2, 0.25) is 0 Å². The average molecular weight is 305 g/mol. The Morgan fingerprint density at radius 1 is 1.52 bits per heavy atom. The number of hydrazine groups is 1. The molecule has 1 aliphatic heterocycles. The summed E-state index contributed by atoms with van der Waals surface area (Å²) < 4.78 is 5.13. The van der Waals surface area contributed by atoms with Gasteiger partial charge in [-0.1, -0.05) is 0 Å². The van der Waals surface area contributed by atoms with Crippen molar-refractivity contribution in [3.05, 3.63) is 33.8 Å². The molecule has 0 saturated heterocycles. The van der Waals surface area contributed by atoms with E-state index in [-0.39, 0.29) is 0 Å². The molecule has 0 amide bonds. The summed E-state index contributed by atoms with van der Waals surface area (Å²) in [4.78, 5) is 12.7. The number of thiophene rings is 1. The summed E-state index contributed by atoms with van der Waals surface area (Å²) in [5.41, 5.74) is 3.99. The molecule has 1 aliphatic rings. The van der Waals surface area contributed by atoms with E-state index in [4.69, 9.17) is 10.6 Å². The van der Waals surface area contributed by atoms with E-state index in [1.165, 1.54) is 10.4 Å². The minimum Gasteiger partial charge on any atom is -0.377 e. The van der Waals surface area contributed by atoms with E-state index in [1.807, 2.05) is 17.4 Å². The highest BCUT2D eigenvalue weighted by atomic mass is 32.1. The van der Waals surface area contributed by atoms with Crippen LogP contribution in [0.5, 0.6) is 0 Å². The second-order valence-electron chi connectivity index (χ2n) is 5.02. The van der Waals surface area contributed by atoms with Crippen LogP contribution in [-0.2, 0) is 17.8 Å². The summed E-state index contributed by atoms with van der Waals surface area (Å²) in [6.07, 6.45) is 1.05. The van der Waals surface area contributed by atoms with E-state index in [0.717, 1.165) is 18.8 Å². The fraction of sp³-hybridized carbons (Fsp3) is 0.429. The van der Waals surface area contributed by atoms with Gasteiger partial charge in [-0.2, -0.15) is 0 Å². The monoisotopic (exact) mass is 305 g/mol. The van der Waals surface area contributed by atoms with Gasteiger partial charge in [0.15, 0.2) is 5.82 Å². The van der Waals surface area contributed by atoms with E-state index < -0.39 is 0 Å². The van der Waals surface area contributed by atoms with E-state index in [9.17, 15) is 0 Å². The van der Waals surface area contributed by atoms with Gasteiger partial charge >= 0.3 is 0 Å². The minimum absolute atomic E-state index is 0.302. The van der Waals surface area contributed by atoms with Crippen LogP contribution in [-0.4, -0.2) is 23.6 Å². The number of nitrogens with two attached hydrogens (primary N) is 1. The smallest absolute Gasteiger partial charge is 0.158 e. The summed E-state index contributed by atoms with van der Waals surface area (Å²) in [7, 11) is 1.63. The van der Waals surface area contributed by atoms with E-state index in [0.29, 0.717) is 24.3 Å². The quantitative estimate of drug-likeness (QED) is 0.665. The number of nitrogens with one attached hydrogen (secondary N) is 1. The van der Waals surface area contributed by atoms with Gasteiger partial charge in [0.05, 0.1) is 6.04 Å². The molecule has 3 heterocycles. The van der Waals surface area contributed by atoms with Crippen molar-refractivity contribution < 1.29 is 4.74 Å². The minimum atomic E-state index is 0.302. The second-order valence-corrected chi connectivity index (χ2v) is 6.02. The summed E-state index contributed by atoms with van der Waals surface area (Å²) in [5.74, 6) is 7.63. The van der Waals surface area contributed by atoms with E-state index in [2.05, 4.69) is 38.7 Å². The number of aromatic nitrogens is 2. The van der Waals surface area contributed by atoms with Gasteiger partial charge in [-0.05, 0) is 30.4 Å². The molecule has 112 valence electrons. The Morgan fingerprint density at radius 2 is 2.38 bits per heavy atom. The number of nitrogen functional groups attached to an aromatic ring is 1. The number of ether oxygens (including phenoxy) is 1. The van der Waals surface area contributed by atoms with Crippen molar-refractivity contribution in [3.63, 3.8) is 0 Å². The molecule has 0 fully saturated rings. The Morgan fingerprint density at radius 3 is 3.14 bits per heavy atom. The third-order valence-electron chi connectivity index (χ3n) is 3.75. The zero-order valence-corrected chi connectivity index (χ0v) is 13.0. The summed E-state index contributed by atoms with van der Waals surface area (Å²) in [6.45, 7) is 3.52. The molecule has 2 aromatic heterocycles. The molecule has 0 aromatic carbocycles. The highest BCUT2D eigenvalue weighted by molar-refractivity contribution is 7.10. The fourth-order valence-corrected chi connectivity index (χ4v) is 3.68. The van der Waals surface area contributed by atoms with Crippen molar-refractivity contribution in [1.29, 1.82) is 0 Å². The third-order valence-corrected chi connectivity index (χ3v) is 4.75. The lowest BCUT2D eigenvalue weighted by Crippen LogP contribution is -2.34. The van der Waals surface area contributed by atoms with Crippen molar-refractivity contribution in [2.75, 3.05) is 24.0 Å². The molecule has 0 radical (unpaired) electrons. The maximum absolute atomic E-state index is 5.51. The summed E-state index contributed by atoms with van der Waals surface area (Å²) in [6, 6.07) is 4.39. The molecule has 0 bridgehead atoms. The van der Waals surface area contributed by atoms with Gasteiger partial charge in [0.1, 0.15) is 18.2 Å². The molecule has 7 heteroatoms. The lowest BCUT2D eigenvalue weighted by Gasteiger charge is -2.34. The number of fused-ring (bicyclic) bond motifs is 1. The lowest BCUT2D eigenvalue weighted by molar-refractivity contribution is 0.178. The van der Waals surface area contributed by atoms with Crippen molar-refractivity contribution >= 4 is 23.0 Å². The van der Waals surface area contributed by atoms with Crippen molar-refractivity contribution in [2.24, 2.45) is 5.84 Å². The lowest BCUT2D eigenvalue weighted by atomic mass is 10.0.